The summed E-state index contributed by atoms with van der Waals surface area (Å²) in [5, 5.41) is 3.88. The summed E-state index contributed by atoms with van der Waals surface area (Å²) >= 11 is 1.43. The lowest BCUT2D eigenvalue weighted by Gasteiger charge is -2.31. The van der Waals surface area contributed by atoms with Gasteiger partial charge < -0.3 is 10.2 Å². The van der Waals surface area contributed by atoms with E-state index >= 15 is 0 Å². The van der Waals surface area contributed by atoms with Crippen molar-refractivity contribution in [1.82, 2.24) is 19.6 Å². The fourth-order valence-corrected chi connectivity index (χ4v) is 3.54. The SMILES string of the molecule is CC(=O)N1CCC(NC(=O)CSc2ncc3ccccn23)CC1. The van der Waals surface area contributed by atoms with E-state index in [4.69, 9.17) is 0 Å². The van der Waals surface area contributed by atoms with Gasteiger partial charge in [0, 0.05) is 32.3 Å². The first-order chi connectivity index (χ1) is 11.1. The molecule has 0 radical (unpaired) electrons. The van der Waals surface area contributed by atoms with Crippen molar-refractivity contribution in [1.29, 1.82) is 0 Å². The number of aromatic nitrogens is 2. The highest BCUT2D eigenvalue weighted by Gasteiger charge is 2.22. The first kappa shape index (κ1) is 15.9. The van der Waals surface area contributed by atoms with Crippen LogP contribution in [0.5, 0.6) is 0 Å². The Morgan fingerprint density at radius 2 is 2.13 bits per heavy atom. The van der Waals surface area contributed by atoms with Crippen molar-refractivity contribution in [2.24, 2.45) is 0 Å². The van der Waals surface area contributed by atoms with Crippen molar-refractivity contribution < 1.29 is 9.59 Å². The fraction of sp³-hybridized carbons (Fsp3) is 0.438. The second-order valence-electron chi connectivity index (χ2n) is 5.67. The van der Waals surface area contributed by atoms with Crippen molar-refractivity contribution in [3.63, 3.8) is 0 Å². The first-order valence-electron chi connectivity index (χ1n) is 7.73. The van der Waals surface area contributed by atoms with Crippen molar-refractivity contribution >= 4 is 29.1 Å². The Kier molecular flexibility index (Phi) is 4.85. The zero-order valence-corrected chi connectivity index (χ0v) is 13.9. The first-order valence-corrected chi connectivity index (χ1v) is 8.72. The number of imidazole rings is 1. The molecule has 0 unspecified atom stereocenters. The summed E-state index contributed by atoms with van der Waals surface area (Å²) in [6.45, 7) is 3.03. The molecule has 1 aliphatic heterocycles. The molecule has 0 bridgehead atoms. The molecule has 1 N–H and O–H groups in total. The van der Waals surface area contributed by atoms with Gasteiger partial charge in [0.1, 0.15) is 0 Å². The Hall–Kier alpha value is -2.02. The van der Waals surface area contributed by atoms with Gasteiger partial charge in [0.25, 0.3) is 0 Å². The van der Waals surface area contributed by atoms with Crippen LogP contribution >= 0.6 is 11.8 Å². The number of likely N-dealkylation sites (tertiary alicyclic amines) is 1. The van der Waals surface area contributed by atoms with E-state index in [1.165, 1.54) is 11.8 Å². The van der Waals surface area contributed by atoms with E-state index in [-0.39, 0.29) is 17.9 Å². The second-order valence-corrected chi connectivity index (χ2v) is 6.62. The molecule has 3 rings (SSSR count). The minimum atomic E-state index is 0.0176. The highest BCUT2D eigenvalue weighted by molar-refractivity contribution is 7.99. The topological polar surface area (TPSA) is 66.7 Å². The number of hydrogen-bond donors (Lipinski definition) is 1. The molecule has 6 nitrogen and oxygen atoms in total. The van der Waals surface area contributed by atoms with Crippen molar-refractivity contribution in [3.05, 3.63) is 30.6 Å². The zero-order chi connectivity index (χ0) is 16.2. The van der Waals surface area contributed by atoms with E-state index in [1.54, 1.807) is 13.1 Å². The van der Waals surface area contributed by atoms with Gasteiger partial charge in [-0.1, -0.05) is 17.8 Å². The molecule has 1 saturated heterocycles. The van der Waals surface area contributed by atoms with Gasteiger partial charge in [-0.15, -0.1) is 0 Å². The summed E-state index contributed by atoms with van der Waals surface area (Å²) in [6, 6.07) is 6.06. The molecule has 2 aromatic rings. The molecule has 1 aliphatic rings. The van der Waals surface area contributed by atoms with Crippen LogP contribution < -0.4 is 5.32 Å². The third-order valence-electron chi connectivity index (χ3n) is 4.04. The Morgan fingerprint density at radius 3 is 2.87 bits per heavy atom. The Morgan fingerprint density at radius 1 is 1.35 bits per heavy atom. The molecule has 2 aromatic heterocycles. The molecule has 1 fully saturated rings. The molecule has 7 heteroatoms. The van der Waals surface area contributed by atoms with Gasteiger partial charge in [0.05, 0.1) is 17.5 Å². The van der Waals surface area contributed by atoms with Crippen LogP contribution in [0.3, 0.4) is 0 Å². The summed E-state index contributed by atoms with van der Waals surface area (Å²) in [6.07, 6.45) is 5.39. The van der Waals surface area contributed by atoms with Crippen molar-refractivity contribution in [2.75, 3.05) is 18.8 Å². The summed E-state index contributed by atoms with van der Waals surface area (Å²) in [7, 11) is 0. The predicted molar refractivity (Wildman–Crippen MR) is 89.3 cm³/mol. The smallest absolute Gasteiger partial charge is 0.230 e. The molecular weight excluding hydrogens is 312 g/mol. The van der Waals surface area contributed by atoms with Gasteiger partial charge in [0.2, 0.25) is 11.8 Å². The number of nitrogens with one attached hydrogen (secondary N) is 1. The lowest BCUT2D eigenvalue weighted by atomic mass is 10.1. The number of piperidine rings is 1. The Labute approximate surface area is 139 Å². The van der Waals surface area contributed by atoms with E-state index < -0.39 is 0 Å². The largest absolute Gasteiger partial charge is 0.353 e. The van der Waals surface area contributed by atoms with Gasteiger partial charge in [-0.3, -0.25) is 14.0 Å². The number of carbonyl (C=O) groups is 2. The number of amides is 2. The van der Waals surface area contributed by atoms with E-state index in [9.17, 15) is 9.59 Å². The Balaban J connectivity index is 1.48. The molecule has 0 saturated carbocycles. The number of fused-ring (bicyclic) bond motifs is 1. The van der Waals surface area contributed by atoms with E-state index in [0.717, 1.165) is 36.6 Å². The van der Waals surface area contributed by atoms with Crippen molar-refractivity contribution in [3.8, 4) is 0 Å². The van der Waals surface area contributed by atoms with Crippen LogP contribution in [0.4, 0.5) is 0 Å². The van der Waals surface area contributed by atoms with E-state index in [0.29, 0.717) is 5.75 Å². The molecule has 23 heavy (non-hydrogen) atoms. The molecule has 0 spiro atoms. The number of carbonyl (C=O) groups excluding carboxylic acids is 2. The summed E-state index contributed by atoms with van der Waals surface area (Å²) in [5.74, 6) is 0.474. The zero-order valence-electron chi connectivity index (χ0n) is 13.1. The van der Waals surface area contributed by atoms with Crippen LogP contribution in [0.15, 0.2) is 35.7 Å². The summed E-state index contributed by atoms with van der Waals surface area (Å²) in [4.78, 5) is 29.6. The van der Waals surface area contributed by atoms with Crippen LogP contribution in [0.1, 0.15) is 19.8 Å². The maximum Gasteiger partial charge on any atom is 0.230 e. The summed E-state index contributed by atoms with van der Waals surface area (Å²) in [5.41, 5.74) is 1.02. The van der Waals surface area contributed by atoms with Crippen LogP contribution in [0.2, 0.25) is 0 Å². The van der Waals surface area contributed by atoms with Crippen LogP contribution in [0, 0.1) is 0 Å². The maximum absolute atomic E-state index is 12.1. The quantitative estimate of drug-likeness (QED) is 0.863. The molecule has 0 aliphatic carbocycles. The number of nitrogens with zero attached hydrogens (tertiary/aromatic N) is 3. The second kappa shape index (κ2) is 7.04. The van der Waals surface area contributed by atoms with Gasteiger partial charge in [0.15, 0.2) is 5.16 Å². The monoisotopic (exact) mass is 332 g/mol. The third-order valence-corrected chi connectivity index (χ3v) is 5.01. The highest BCUT2D eigenvalue weighted by Crippen LogP contribution is 2.18. The summed E-state index contributed by atoms with van der Waals surface area (Å²) < 4.78 is 1.98. The molecule has 0 aromatic carbocycles. The fourth-order valence-electron chi connectivity index (χ4n) is 2.76. The van der Waals surface area contributed by atoms with Gasteiger partial charge in [-0.2, -0.15) is 0 Å². The van der Waals surface area contributed by atoms with Crippen LogP contribution in [-0.4, -0.2) is 51.0 Å². The minimum absolute atomic E-state index is 0.0176. The number of thioether (sulfide) groups is 1. The average molecular weight is 332 g/mol. The minimum Gasteiger partial charge on any atom is -0.353 e. The van der Waals surface area contributed by atoms with E-state index in [2.05, 4.69) is 10.3 Å². The molecule has 0 atom stereocenters. The normalized spacial score (nSPS) is 15.8. The van der Waals surface area contributed by atoms with E-state index in [1.807, 2.05) is 33.7 Å². The van der Waals surface area contributed by atoms with Crippen LogP contribution in [0.25, 0.3) is 5.52 Å². The molecule has 122 valence electrons. The lowest BCUT2D eigenvalue weighted by molar-refractivity contribution is -0.130. The Bertz CT molecular complexity index is 707. The van der Waals surface area contributed by atoms with Gasteiger partial charge in [-0.25, -0.2) is 4.98 Å². The van der Waals surface area contributed by atoms with Gasteiger partial charge in [-0.05, 0) is 25.0 Å². The highest BCUT2D eigenvalue weighted by atomic mass is 32.2. The molecule has 3 heterocycles. The number of pyridine rings is 1. The maximum atomic E-state index is 12.1. The predicted octanol–water partition coefficient (Wildman–Crippen LogP) is 1.55. The van der Waals surface area contributed by atoms with Gasteiger partial charge >= 0.3 is 0 Å². The van der Waals surface area contributed by atoms with Crippen LogP contribution in [-0.2, 0) is 9.59 Å². The molecular formula is C16H20N4O2S. The number of rotatable bonds is 4. The third kappa shape index (κ3) is 3.85. The average Bonchev–Trinajstić information content (AvgIpc) is 2.97. The standard InChI is InChI=1S/C16H20N4O2S/c1-12(21)19-8-5-13(6-9-19)18-15(22)11-23-16-17-10-14-4-2-3-7-20(14)16/h2-4,7,10,13H,5-6,8-9,11H2,1H3,(H,18,22). The number of hydrogen-bond acceptors (Lipinski definition) is 4. The molecule has 2 amide bonds. The lowest BCUT2D eigenvalue weighted by Crippen LogP contribution is -2.46. The van der Waals surface area contributed by atoms with Crippen molar-refractivity contribution in [2.45, 2.75) is 31.0 Å².